The van der Waals surface area contributed by atoms with Gasteiger partial charge in [0.2, 0.25) is 0 Å². The van der Waals surface area contributed by atoms with Gasteiger partial charge in [0.25, 0.3) is 0 Å². The van der Waals surface area contributed by atoms with E-state index in [1.54, 1.807) is 0 Å². The molecule has 0 saturated heterocycles. The molecule has 1 rings (SSSR count). The summed E-state index contributed by atoms with van der Waals surface area (Å²) in [5.41, 5.74) is 0. The van der Waals surface area contributed by atoms with Crippen molar-refractivity contribution in [2.24, 2.45) is 5.92 Å². The number of hydrogen-bond donors (Lipinski definition) is 0. The maximum atomic E-state index is 5.41. The first-order valence-corrected chi connectivity index (χ1v) is 4.14. The van der Waals surface area contributed by atoms with E-state index < -0.39 is 0 Å². The summed E-state index contributed by atoms with van der Waals surface area (Å²) in [5, 5.41) is 0. The Morgan fingerprint density at radius 3 is 3.10 bits per heavy atom. The summed E-state index contributed by atoms with van der Waals surface area (Å²) < 4.78 is 5.41. The predicted octanol–water partition coefficient (Wildman–Crippen LogP) is 2.73. The summed E-state index contributed by atoms with van der Waals surface area (Å²) >= 11 is 0. The van der Waals surface area contributed by atoms with Gasteiger partial charge >= 0.3 is 0 Å². The van der Waals surface area contributed by atoms with Crippen molar-refractivity contribution in [2.75, 3.05) is 6.61 Å². The Balaban J connectivity index is 2.36. The fourth-order valence-electron chi connectivity index (χ4n) is 1.36. The molecule has 0 aromatic heterocycles. The molecule has 1 nitrogen and oxygen atoms in total. The van der Waals surface area contributed by atoms with Crippen LogP contribution >= 0.6 is 0 Å². The van der Waals surface area contributed by atoms with Gasteiger partial charge in [-0.2, -0.15) is 0 Å². The lowest BCUT2D eigenvalue weighted by atomic mass is 9.95. The Hall–Kier alpha value is -0.460. The van der Waals surface area contributed by atoms with Gasteiger partial charge in [-0.1, -0.05) is 6.92 Å². The molecule has 1 aliphatic rings. The molecule has 0 aromatic carbocycles. The van der Waals surface area contributed by atoms with Crippen LogP contribution in [0.1, 0.15) is 33.1 Å². The predicted molar refractivity (Wildman–Crippen MR) is 42.7 cm³/mol. The Kier molecular flexibility index (Phi) is 2.79. The molecule has 1 heteroatoms. The molecule has 0 amide bonds. The molecule has 0 saturated carbocycles. The zero-order valence-corrected chi connectivity index (χ0v) is 6.89. The van der Waals surface area contributed by atoms with Crippen LogP contribution < -0.4 is 0 Å². The smallest absolute Gasteiger partial charge is 0.0922 e. The van der Waals surface area contributed by atoms with Gasteiger partial charge in [-0.05, 0) is 31.8 Å². The highest BCUT2D eigenvalue weighted by atomic mass is 16.5. The average molecular weight is 140 g/mol. The van der Waals surface area contributed by atoms with Gasteiger partial charge in [0.15, 0.2) is 0 Å². The van der Waals surface area contributed by atoms with Gasteiger partial charge in [-0.3, -0.25) is 0 Å². The van der Waals surface area contributed by atoms with E-state index in [1.165, 1.54) is 18.6 Å². The Labute approximate surface area is 63.1 Å². The van der Waals surface area contributed by atoms with Crippen LogP contribution in [0.25, 0.3) is 0 Å². The molecule has 0 heterocycles. The molecule has 1 aliphatic carbocycles. The van der Waals surface area contributed by atoms with Gasteiger partial charge in [0, 0.05) is 6.42 Å². The monoisotopic (exact) mass is 140 g/mol. The van der Waals surface area contributed by atoms with Crippen molar-refractivity contribution < 1.29 is 4.74 Å². The SMILES string of the molecule is CCOC1=CCCC(C)C1. The topological polar surface area (TPSA) is 9.23 Å². The van der Waals surface area contributed by atoms with E-state index in [0.29, 0.717) is 0 Å². The molecule has 1 atom stereocenters. The molecule has 0 bridgehead atoms. The van der Waals surface area contributed by atoms with Crippen molar-refractivity contribution in [3.63, 3.8) is 0 Å². The number of hydrogen-bond acceptors (Lipinski definition) is 1. The summed E-state index contributed by atoms with van der Waals surface area (Å²) in [5.74, 6) is 2.04. The van der Waals surface area contributed by atoms with Crippen molar-refractivity contribution in [3.8, 4) is 0 Å². The standard InChI is InChI=1S/C9H16O/c1-3-10-9-6-4-5-8(2)7-9/h6,8H,3-5,7H2,1-2H3. The van der Waals surface area contributed by atoms with E-state index >= 15 is 0 Å². The number of ether oxygens (including phenoxy) is 1. The lowest BCUT2D eigenvalue weighted by Crippen LogP contribution is -2.04. The normalized spacial score (nSPS) is 25.8. The molecule has 0 aromatic rings. The maximum Gasteiger partial charge on any atom is 0.0922 e. The molecule has 0 aliphatic heterocycles. The van der Waals surface area contributed by atoms with E-state index in [1.807, 2.05) is 6.92 Å². The second kappa shape index (κ2) is 3.65. The quantitative estimate of drug-likeness (QED) is 0.573. The van der Waals surface area contributed by atoms with Crippen LogP contribution in [0.2, 0.25) is 0 Å². The molecular weight excluding hydrogens is 124 g/mol. The minimum atomic E-state index is 0.818. The average Bonchev–Trinajstić information content (AvgIpc) is 1.88. The summed E-state index contributed by atoms with van der Waals surface area (Å²) in [6.45, 7) is 5.14. The van der Waals surface area contributed by atoms with Crippen molar-refractivity contribution in [1.82, 2.24) is 0 Å². The van der Waals surface area contributed by atoms with E-state index in [4.69, 9.17) is 4.74 Å². The largest absolute Gasteiger partial charge is 0.499 e. The molecule has 1 unspecified atom stereocenters. The summed E-state index contributed by atoms with van der Waals surface area (Å²) in [4.78, 5) is 0. The van der Waals surface area contributed by atoms with Crippen LogP contribution in [0.5, 0.6) is 0 Å². The number of allylic oxidation sites excluding steroid dienone is 2. The first kappa shape index (κ1) is 7.64. The van der Waals surface area contributed by atoms with Crippen LogP contribution in [-0.2, 0) is 4.74 Å². The van der Waals surface area contributed by atoms with E-state index in [9.17, 15) is 0 Å². The molecule has 0 spiro atoms. The third-order valence-corrected chi connectivity index (χ3v) is 1.91. The van der Waals surface area contributed by atoms with Gasteiger partial charge < -0.3 is 4.74 Å². The van der Waals surface area contributed by atoms with E-state index in [0.717, 1.165) is 18.9 Å². The molecule has 0 fully saturated rings. The van der Waals surface area contributed by atoms with Gasteiger partial charge in [0.1, 0.15) is 0 Å². The second-order valence-electron chi connectivity index (χ2n) is 2.99. The summed E-state index contributed by atoms with van der Waals surface area (Å²) in [6, 6.07) is 0. The molecular formula is C9H16O. The maximum absolute atomic E-state index is 5.41. The van der Waals surface area contributed by atoms with Gasteiger partial charge in [-0.15, -0.1) is 0 Å². The lowest BCUT2D eigenvalue weighted by molar-refractivity contribution is 0.198. The second-order valence-corrected chi connectivity index (χ2v) is 2.99. The van der Waals surface area contributed by atoms with Crippen molar-refractivity contribution >= 4 is 0 Å². The number of rotatable bonds is 2. The third kappa shape index (κ3) is 2.05. The Morgan fingerprint density at radius 2 is 2.50 bits per heavy atom. The molecule has 0 N–H and O–H groups in total. The highest BCUT2D eigenvalue weighted by Gasteiger charge is 2.10. The third-order valence-electron chi connectivity index (χ3n) is 1.91. The zero-order valence-electron chi connectivity index (χ0n) is 6.89. The first-order chi connectivity index (χ1) is 4.83. The van der Waals surface area contributed by atoms with Crippen LogP contribution in [-0.4, -0.2) is 6.61 Å². The zero-order chi connectivity index (χ0) is 7.40. The first-order valence-electron chi connectivity index (χ1n) is 4.14. The fraction of sp³-hybridized carbons (Fsp3) is 0.778. The van der Waals surface area contributed by atoms with Crippen LogP contribution in [0.3, 0.4) is 0 Å². The highest BCUT2D eigenvalue weighted by Crippen LogP contribution is 2.23. The molecule has 0 radical (unpaired) electrons. The Morgan fingerprint density at radius 1 is 1.70 bits per heavy atom. The van der Waals surface area contributed by atoms with Crippen LogP contribution in [0.4, 0.5) is 0 Å². The van der Waals surface area contributed by atoms with Gasteiger partial charge in [0.05, 0.1) is 12.4 Å². The fourth-order valence-corrected chi connectivity index (χ4v) is 1.36. The molecule has 10 heavy (non-hydrogen) atoms. The minimum absolute atomic E-state index is 0.818. The van der Waals surface area contributed by atoms with Crippen molar-refractivity contribution in [3.05, 3.63) is 11.8 Å². The summed E-state index contributed by atoms with van der Waals surface area (Å²) in [7, 11) is 0. The summed E-state index contributed by atoms with van der Waals surface area (Å²) in [6.07, 6.45) is 5.91. The highest BCUT2D eigenvalue weighted by molar-refractivity contribution is 4.98. The van der Waals surface area contributed by atoms with Crippen molar-refractivity contribution in [1.29, 1.82) is 0 Å². The van der Waals surface area contributed by atoms with E-state index in [2.05, 4.69) is 13.0 Å². The van der Waals surface area contributed by atoms with E-state index in [-0.39, 0.29) is 0 Å². The van der Waals surface area contributed by atoms with Crippen LogP contribution in [0.15, 0.2) is 11.8 Å². The van der Waals surface area contributed by atoms with Crippen LogP contribution in [0, 0.1) is 5.92 Å². The lowest BCUT2D eigenvalue weighted by Gasteiger charge is -2.18. The van der Waals surface area contributed by atoms with Gasteiger partial charge in [-0.25, -0.2) is 0 Å². The Bertz CT molecular complexity index is 127. The minimum Gasteiger partial charge on any atom is -0.499 e. The molecule has 58 valence electrons. The van der Waals surface area contributed by atoms with Crippen molar-refractivity contribution in [2.45, 2.75) is 33.1 Å².